The molecule has 1 unspecified atom stereocenters. The van der Waals surface area contributed by atoms with Crippen molar-refractivity contribution in [2.45, 2.75) is 6.04 Å². The Bertz CT molecular complexity index is 581. The molecule has 2 heterocycles. The zero-order valence-corrected chi connectivity index (χ0v) is 12.8. The second-order valence-corrected chi connectivity index (χ2v) is 5.64. The molecule has 23 heavy (non-hydrogen) atoms. The second kappa shape index (κ2) is 6.93. The van der Waals surface area contributed by atoms with Crippen molar-refractivity contribution >= 4 is 17.3 Å². The Hall–Kier alpha value is -2.19. The van der Waals surface area contributed by atoms with E-state index in [1.807, 2.05) is 4.90 Å². The zero-order chi connectivity index (χ0) is 16.2. The van der Waals surface area contributed by atoms with E-state index in [9.17, 15) is 14.9 Å². The number of benzene rings is 1. The van der Waals surface area contributed by atoms with Crippen LogP contribution in [0.15, 0.2) is 24.3 Å². The summed E-state index contributed by atoms with van der Waals surface area (Å²) in [5.41, 5.74) is 0.721. The van der Waals surface area contributed by atoms with Crippen LogP contribution in [-0.4, -0.2) is 67.7 Å². The number of nitrogens with one attached hydrogen (secondary N) is 1. The highest BCUT2D eigenvalue weighted by molar-refractivity contribution is 5.82. The molecule has 0 radical (unpaired) electrons. The van der Waals surface area contributed by atoms with Gasteiger partial charge in [0.1, 0.15) is 11.7 Å². The van der Waals surface area contributed by atoms with Crippen LogP contribution in [-0.2, 0) is 9.53 Å². The van der Waals surface area contributed by atoms with Crippen molar-refractivity contribution in [3.8, 4) is 0 Å². The van der Waals surface area contributed by atoms with E-state index in [4.69, 9.17) is 4.74 Å². The van der Waals surface area contributed by atoms with Crippen molar-refractivity contribution in [3.63, 3.8) is 0 Å². The number of amides is 1. The number of morpholine rings is 1. The van der Waals surface area contributed by atoms with Gasteiger partial charge in [-0.25, -0.2) is 0 Å². The minimum atomic E-state index is -0.365. The molecule has 2 fully saturated rings. The molecule has 124 valence electrons. The van der Waals surface area contributed by atoms with E-state index >= 15 is 0 Å². The fourth-order valence-electron chi connectivity index (χ4n) is 3.00. The van der Waals surface area contributed by atoms with E-state index in [0.29, 0.717) is 51.6 Å². The van der Waals surface area contributed by atoms with Crippen LogP contribution in [0.3, 0.4) is 0 Å². The van der Waals surface area contributed by atoms with E-state index in [2.05, 4.69) is 5.32 Å². The van der Waals surface area contributed by atoms with Crippen LogP contribution >= 0.6 is 0 Å². The lowest BCUT2D eigenvalue weighted by Gasteiger charge is -2.38. The van der Waals surface area contributed by atoms with Crippen LogP contribution in [0.1, 0.15) is 0 Å². The fraction of sp³-hybridized carbons (Fsp3) is 0.533. The summed E-state index contributed by atoms with van der Waals surface area (Å²) in [7, 11) is 0. The van der Waals surface area contributed by atoms with Gasteiger partial charge in [-0.05, 0) is 6.07 Å². The number of rotatable bonds is 3. The quantitative estimate of drug-likeness (QED) is 0.634. The number of hydrogen-bond donors (Lipinski definition) is 1. The smallest absolute Gasteiger partial charge is 0.292 e. The molecule has 0 aromatic heterocycles. The topological polar surface area (TPSA) is 88.0 Å². The molecule has 1 atom stereocenters. The molecule has 1 aromatic carbocycles. The highest BCUT2D eigenvalue weighted by Gasteiger charge is 2.30. The summed E-state index contributed by atoms with van der Waals surface area (Å²) in [4.78, 5) is 27.0. The van der Waals surface area contributed by atoms with Gasteiger partial charge in [0.05, 0.1) is 18.1 Å². The van der Waals surface area contributed by atoms with E-state index in [-0.39, 0.29) is 22.6 Å². The van der Waals surface area contributed by atoms with Gasteiger partial charge < -0.3 is 19.9 Å². The van der Waals surface area contributed by atoms with Crippen molar-refractivity contribution in [1.82, 2.24) is 10.2 Å². The molecule has 3 rings (SSSR count). The first kappa shape index (κ1) is 15.7. The third-order valence-electron chi connectivity index (χ3n) is 4.23. The first-order valence-corrected chi connectivity index (χ1v) is 7.75. The summed E-state index contributed by atoms with van der Waals surface area (Å²) >= 11 is 0. The van der Waals surface area contributed by atoms with E-state index in [1.54, 1.807) is 23.1 Å². The van der Waals surface area contributed by atoms with E-state index in [0.717, 1.165) is 0 Å². The lowest BCUT2D eigenvalue weighted by Crippen LogP contribution is -2.57. The molecule has 1 N–H and O–H groups in total. The first-order chi connectivity index (χ1) is 11.2. The molecule has 1 amide bonds. The molecule has 2 aliphatic rings. The van der Waals surface area contributed by atoms with Gasteiger partial charge in [-0.3, -0.25) is 14.9 Å². The molecular formula is C15H20N4O4. The van der Waals surface area contributed by atoms with Crippen molar-refractivity contribution in [1.29, 1.82) is 0 Å². The predicted molar refractivity (Wildman–Crippen MR) is 84.5 cm³/mol. The van der Waals surface area contributed by atoms with Crippen molar-refractivity contribution < 1.29 is 14.5 Å². The van der Waals surface area contributed by atoms with Crippen LogP contribution < -0.4 is 10.2 Å². The maximum Gasteiger partial charge on any atom is 0.292 e. The first-order valence-electron chi connectivity index (χ1n) is 7.75. The van der Waals surface area contributed by atoms with Gasteiger partial charge in [-0.15, -0.1) is 0 Å². The van der Waals surface area contributed by atoms with Crippen LogP contribution in [0, 0.1) is 10.1 Å². The fourth-order valence-corrected chi connectivity index (χ4v) is 3.00. The monoisotopic (exact) mass is 320 g/mol. The molecule has 1 aromatic rings. The number of nitro groups is 1. The van der Waals surface area contributed by atoms with Crippen molar-refractivity contribution in [2.75, 3.05) is 50.8 Å². The molecule has 0 spiro atoms. The predicted octanol–water partition coefficient (Wildman–Crippen LogP) is 0.232. The molecule has 2 aliphatic heterocycles. The SMILES string of the molecule is O=C(C1COCCN1)N1CCN(c2ccccc2[N+](=O)[O-])CC1. The number of carbonyl (C=O) groups excluding carboxylic acids is 1. The molecule has 8 nitrogen and oxygen atoms in total. The minimum absolute atomic E-state index is 0.0481. The number of piperazine rings is 1. The summed E-state index contributed by atoms with van der Waals surface area (Å²) in [6, 6.07) is 6.45. The summed E-state index contributed by atoms with van der Waals surface area (Å²) < 4.78 is 5.33. The lowest BCUT2D eigenvalue weighted by atomic mass is 10.2. The third-order valence-corrected chi connectivity index (χ3v) is 4.23. The molecule has 0 saturated carbocycles. The normalized spacial score (nSPS) is 22.0. The Balaban J connectivity index is 1.62. The molecule has 2 saturated heterocycles. The van der Waals surface area contributed by atoms with Crippen molar-refractivity contribution in [3.05, 3.63) is 34.4 Å². The van der Waals surface area contributed by atoms with Gasteiger partial charge in [0.15, 0.2) is 0 Å². The summed E-state index contributed by atoms with van der Waals surface area (Å²) in [5.74, 6) is 0.0481. The molecule has 0 aliphatic carbocycles. The van der Waals surface area contributed by atoms with Gasteiger partial charge in [0.25, 0.3) is 5.69 Å². The number of carbonyl (C=O) groups is 1. The average molecular weight is 320 g/mol. The molecule has 0 bridgehead atoms. The maximum atomic E-state index is 12.4. The zero-order valence-electron chi connectivity index (χ0n) is 12.8. The summed E-state index contributed by atoms with van der Waals surface area (Å²) in [6.45, 7) is 4.02. The summed E-state index contributed by atoms with van der Waals surface area (Å²) in [6.07, 6.45) is 0. The highest BCUT2D eigenvalue weighted by Crippen LogP contribution is 2.28. The standard InChI is InChI=1S/C15H20N4O4/c20-15(12-11-23-10-5-16-12)18-8-6-17(7-9-18)13-3-1-2-4-14(13)19(21)22/h1-4,12,16H,5-11H2. The number of nitrogens with zero attached hydrogens (tertiary/aromatic N) is 3. The number of hydrogen-bond acceptors (Lipinski definition) is 6. The number of nitro benzene ring substituents is 1. The largest absolute Gasteiger partial charge is 0.378 e. The minimum Gasteiger partial charge on any atom is -0.378 e. The highest BCUT2D eigenvalue weighted by atomic mass is 16.6. The summed E-state index contributed by atoms with van der Waals surface area (Å²) in [5, 5.41) is 14.3. The maximum absolute atomic E-state index is 12.4. The lowest BCUT2D eigenvalue weighted by molar-refractivity contribution is -0.384. The second-order valence-electron chi connectivity index (χ2n) is 5.64. The Morgan fingerprint density at radius 3 is 2.65 bits per heavy atom. The Morgan fingerprint density at radius 2 is 2.00 bits per heavy atom. The molecule has 8 heteroatoms. The average Bonchev–Trinajstić information content (AvgIpc) is 2.62. The van der Waals surface area contributed by atoms with Crippen LogP contribution in [0.25, 0.3) is 0 Å². The number of ether oxygens (including phenoxy) is 1. The Labute approximate surface area is 134 Å². The van der Waals surface area contributed by atoms with Gasteiger partial charge in [0.2, 0.25) is 5.91 Å². The van der Waals surface area contributed by atoms with Crippen LogP contribution in [0.2, 0.25) is 0 Å². The van der Waals surface area contributed by atoms with Crippen LogP contribution in [0.5, 0.6) is 0 Å². The third kappa shape index (κ3) is 3.43. The van der Waals surface area contributed by atoms with E-state index < -0.39 is 0 Å². The van der Waals surface area contributed by atoms with E-state index in [1.165, 1.54) is 6.07 Å². The van der Waals surface area contributed by atoms with Gasteiger partial charge in [-0.2, -0.15) is 0 Å². The Morgan fingerprint density at radius 1 is 1.26 bits per heavy atom. The molecular weight excluding hydrogens is 300 g/mol. The van der Waals surface area contributed by atoms with Crippen molar-refractivity contribution in [2.24, 2.45) is 0 Å². The number of para-hydroxylation sites is 2. The van der Waals surface area contributed by atoms with Gasteiger partial charge in [0, 0.05) is 38.8 Å². The Kier molecular flexibility index (Phi) is 4.73. The van der Waals surface area contributed by atoms with Gasteiger partial charge >= 0.3 is 0 Å². The number of anilines is 1. The van der Waals surface area contributed by atoms with Crippen LogP contribution in [0.4, 0.5) is 11.4 Å². The van der Waals surface area contributed by atoms with Gasteiger partial charge in [-0.1, -0.05) is 12.1 Å².